The Bertz CT molecular complexity index is 462. The lowest BCUT2D eigenvalue weighted by Crippen LogP contribution is -2.22. The minimum atomic E-state index is -1.01. The molecule has 1 aromatic rings. The van der Waals surface area contributed by atoms with Gasteiger partial charge in [-0.25, -0.2) is 9.78 Å². The van der Waals surface area contributed by atoms with Gasteiger partial charge in [0.05, 0.1) is 10.6 Å². The van der Waals surface area contributed by atoms with Gasteiger partial charge in [-0.2, -0.15) is 0 Å². The van der Waals surface area contributed by atoms with E-state index in [-0.39, 0.29) is 10.6 Å². The van der Waals surface area contributed by atoms with Crippen LogP contribution in [0.25, 0.3) is 0 Å². The topological polar surface area (TPSA) is 53.4 Å². The van der Waals surface area contributed by atoms with Crippen LogP contribution in [0, 0.1) is 11.8 Å². The molecule has 1 unspecified atom stereocenters. The largest absolute Gasteiger partial charge is 0.478 e. The van der Waals surface area contributed by atoms with Crippen LogP contribution in [-0.4, -0.2) is 29.1 Å². The van der Waals surface area contributed by atoms with Crippen molar-refractivity contribution < 1.29 is 9.90 Å². The fourth-order valence-corrected chi connectivity index (χ4v) is 2.49. The van der Waals surface area contributed by atoms with E-state index < -0.39 is 5.97 Å². The molecule has 0 saturated carbocycles. The number of nitrogens with zero attached hydrogens (tertiary/aromatic N) is 2. The molecule has 18 heavy (non-hydrogen) atoms. The Labute approximate surface area is 112 Å². The molecule has 1 N–H and O–H groups in total. The lowest BCUT2D eigenvalue weighted by Gasteiger charge is -2.19. The lowest BCUT2D eigenvalue weighted by atomic mass is 9.95. The molecular formula is C13H17ClN2O2. The van der Waals surface area contributed by atoms with E-state index in [1.807, 2.05) is 0 Å². The van der Waals surface area contributed by atoms with Crippen molar-refractivity contribution >= 4 is 23.4 Å². The molecule has 1 aliphatic heterocycles. The zero-order valence-electron chi connectivity index (χ0n) is 10.6. The van der Waals surface area contributed by atoms with Crippen LogP contribution < -0.4 is 4.90 Å². The molecule has 2 rings (SSSR count). The first-order chi connectivity index (χ1) is 8.49. The van der Waals surface area contributed by atoms with Crippen LogP contribution in [-0.2, 0) is 0 Å². The summed E-state index contributed by atoms with van der Waals surface area (Å²) < 4.78 is 0. The summed E-state index contributed by atoms with van der Waals surface area (Å²) in [5.41, 5.74) is 0.120. The number of halogens is 1. The van der Waals surface area contributed by atoms with Crippen molar-refractivity contribution in [3.05, 3.63) is 22.8 Å². The molecule has 1 saturated heterocycles. The van der Waals surface area contributed by atoms with Gasteiger partial charge in [0.2, 0.25) is 0 Å². The maximum absolute atomic E-state index is 11.0. The van der Waals surface area contributed by atoms with E-state index in [4.69, 9.17) is 16.7 Å². The number of anilines is 1. The van der Waals surface area contributed by atoms with E-state index in [2.05, 4.69) is 23.7 Å². The maximum Gasteiger partial charge on any atom is 0.337 e. The predicted molar refractivity (Wildman–Crippen MR) is 71.4 cm³/mol. The van der Waals surface area contributed by atoms with Crippen molar-refractivity contribution in [3.63, 3.8) is 0 Å². The molecule has 1 atom stereocenters. The summed E-state index contributed by atoms with van der Waals surface area (Å²) in [7, 11) is 0. The highest BCUT2D eigenvalue weighted by Gasteiger charge is 2.26. The second kappa shape index (κ2) is 5.14. The zero-order valence-corrected chi connectivity index (χ0v) is 11.3. The molecule has 0 bridgehead atoms. The fourth-order valence-electron chi connectivity index (χ4n) is 2.30. The van der Waals surface area contributed by atoms with E-state index in [0.717, 1.165) is 19.5 Å². The first-order valence-electron chi connectivity index (χ1n) is 6.13. The van der Waals surface area contributed by atoms with Gasteiger partial charge in [-0.05, 0) is 24.3 Å². The monoisotopic (exact) mass is 268 g/mol. The van der Waals surface area contributed by atoms with Gasteiger partial charge in [-0.15, -0.1) is 0 Å². The molecular weight excluding hydrogens is 252 g/mol. The normalized spacial score (nSPS) is 19.6. The Morgan fingerprint density at radius 2 is 2.33 bits per heavy atom. The van der Waals surface area contributed by atoms with Gasteiger partial charge in [0, 0.05) is 19.3 Å². The van der Waals surface area contributed by atoms with E-state index >= 15 is 0 Å². The summed E-state index contributed by atoms with van der Waals surface area (Å²) >= 11 is 5.82. The van der Waals surface area contributed by atoms with Gasteiger partial charge in [0.15, 0.2) is 0 Å². The summed E-state index contributed by atoms with van der Waals surface area (Å²) in [5.74, 6) is 0.986. The molecule has 4 nitrogen and oxygen atoms in total. The van der Waals surface area contributed by atoms with Crippen LogP contribution in [0.15, 0.2) is 12.3 Å². The van der Waals surface area contributed by atoms with Crippen molar-refractivity contribution in [1.29, 1.82) is 0 Å². The Morgan fingerprint density at radius 1 is 1.61 bits per heavy atom. The van der Waals surface area contributed by atoms with Crippen molar-refractivity contribution in [1.82, 2.24) is 4.98 Å². The van der Waals surface area contributed by atoms with E-state index in [1.165, 1.54) is 6.20 Å². The second-order valence-corrected chi connectivity index (χ2v) is 5.47. The number of aromatic carboxylic acids is 1. The number of aromatic nitrogens is 1. The quantitative estimate of drug-likeness (QED) is 0.916. The average molecular weight is 269 g/mol. The standard InChI is InChI=1S/C13H17ClN2O2/c1-8(2)9-3-4-16(7-9)12-5-10(13(17)18)11(14)6-15-12/h5-6,8-9H,3-4,7H2,1-2H3,(H,17,18). The number of carboxylic acid groups (broad SMARTS) is 1. The highest BCUT2D eigenvalue weighted by atomic mass is 35.5. The first kappa shape index (κ1) is 13.1. The van der Waals surface area contributed by atoms with Crippen molar-refractivity contribution in [2.75, 3.05) is 18.0 Å². The van der Waals surface area contributed by atoms with Crippen LogP contribution >= 0.6 is 11.6 Å². The third-order valence-electron chi connectivity index (χ3n) is 3.56. The number of rotatable bonds is 3. The van der Waals surface area contributed by atoms with Gasteiger partial charge in [0.1, 0.15) is 5.82 Å². The van der Waals surface area contributed by atoms with Crippen molar-refractivity contribution in [2.24, 2.45) is 11.8 Å². The van der Waals surface area contributed by atoms with Gasteiger partial charge in [-0.3, -0.25) is 0 Å². The van der Waals surface area contributed by atoms with E-state index in [9.17, 15) is 4.79 Å². The second-order valence-electron chi connectivity index (χ2n) is 5.07. The molecule has 0 aliphatic carbocycles. The summed E-state index contributed by atoms with van der Waals surface area (Å²) in [6.07, 6.45) is 2.55. The summed E-state index contributed by atoms with van der Waals surface area (Å²) in [5, 5.41) is 9.23. The Morgan fingerprint density at radius 3 is 2.89 bits per heavy atom. The molecule has 0 spiro atoms. The van der Waals surface area contributed by atoms with Crippen LogP contribution in [0.3, 0.4) is 0 Å². The Balaban J connectivity index is 2.20. The summed E-state index contributed by atoms with van der Waals surface area (Å²) in [6.45, 7) is 6.29. The third-order valence-corrected chi connectivity index (χ3v) is 3.86. The molecule has 98 valence electrons. The number of carbonyl (C=O) groups is 1. The molecule has 2 heterocycles. The smallest absolute Gasteiger partial charge is 0.337 e. The average Bonchev–Trinajstić information content (AvgIpc) is 2.78. The van der Waals surface area contributed by atoms with E-state index in [1.54, 1.807) is 6.07 Å². The molecule has 1 fully saturated rings. The number of hydrogen-bond acceptors (Lipinski definition) is 3. The SMILES string of the molecule is CC(C)C1CCN(c2cc(C(=O)O)c(Cl)cn2)C1. The lowest BCUT2D eigenvalue weighted by molar-refractivity contribution is 0.0697. The fraction of sp³-hybridized carbons (Fsp3) is 0.538. The Kier molecular flexibility index (Phi) is 3.76. The van der Waals surface area contributed by atoms with Gasteiger partial charge < -0.3 is 10.0 Å². The van der Waals surface area contributed by atoms with Gasteiger partial charge in [0.25, 0.3) is 0 Å². The predicted octanol–water partition coefficient (Wildman–Crippen LogP) is 2.92. The Hall–Kier alpha value is -1.29. The molecule has 1 aromatic heterocycles. The minimum Gasteiger partial charge on any atom is -0.478 e. The summed E-state index contributed by atoms with van der Waals surface area (Å²) in [6, 6.07) is 1.56. The van der Waals surface area contributed by atoms with E-state index in [0.29, 0.717) is 17.7 Å². The summed E-state index contributed by atoms with van der Waals surface area (Å²) in [4.78, 5) is 17.4. The minimum absolute atomic E-state index is 0.120. The molecule has 5 heteroatoms. The van der Waals surface area contributed by atoms with Crippen molar-refractivity contribution in [3.8, 4) is 0 Å². The highest BCUT2D eigenvalue weighted by molar-refractivity contribution is 6.33. The highest BCUT2D eigenvalue weighted by Crippen LogP contribution is 2.28. The zero-order chi connectivity index (χ0) is 13.3. The van der Waals surface area contributed by atoms with Crippen LogP contribution in [0.1, 0.15) is 30.6 Å². The first-order valence-corrected chi connectivity index (χ1v) is 6.50. The number of carboxylic acids is 1. The molecule has 0 amide bonds. The number of hydrogen-bond donors (Lipinski definition) is 1. The maximum atomic E-state index is 11.0. The number of pyridine rings is 1. The molecule has 0 radical (unpaired) electrons. The van der Waals surface area contributed by atoms with Crippen LogP contribution in [0.2, 0.25) is 5.02 Å². The molecule has 0 aromatic carbocycles. The third kappa shape index (κ3) is 2.58. The van der Waals surface area contributed by atoms with Gasteiger partial charge >= 0.3 is 5.97 Å². The van der Waals surface area contributed by atoms with Gasteiger partial charge in [-0.1, -0.05) is 25.4 Å². The van der Waals surface area contributed by atoms with Crippen molar-refractivity contribution in [2.45, 2.75) is 20.3 Å². The molecule has 1 aliphatic rings. The van der Waals surface area contributed by atoms with Crippen LogP contribution in [0.4, 0.5) is 5.82 Å². The van der Waals surface area contributed by atoms with Crippen LogP contribution in [0.5, 0.6) is 0 Å².